The van der Waals surface area contributed by atoms with E-state index in [0.717, 1.165) is 18.5 Å². The summed E-state index contributed by atoms with van der Waals surface area (Å²) in [5.41, 5.74) is 0.125. The number of carbonyl (C=O) groups is 1. The molecule has 4 rings (SSSR count). The van der Waals surface area contributed by atoms with Crippen molar-refractivity contribution in [2.45, 2.75) is 56.6 Å². The van der Waals surface area contributed by atoms with E-state index in [4.69, 9.17) is 9.47 Å². The Morgan fingerprint density at radius 3 is 2.76 bits per heavy atom. The van der Waals surface area contributed by atoms with Gasteiger partial charge in [-0.1, -0.05) is 30.3 Å². The van der Waals surface area contributed by atoms with E-state index in [2.05, 4.69) is 10.4 Å². The van der Waals surface area contributed by atoms with Crippen molar-refractivity contribution in [2.75, 3.05) is 13.2 Å². The molecule has 1 saturated carbocycles. The lowest BCUT2D eigenvalue weighted by atomic mass is 9.92. The van der Waals surface area contributed by atoms with Gasteiger partial charge in [0.15, 0.2) is 5.60 Å². The zero-order chi connectivity index (χ0) is 20.1. The maximum atomic E-state index is 13.2. The Kier molecular flexibility index (Phi) is 6.28. The quantitative estimate of drug-likeness (QED) is 0.743. The van der Waals surface area contributed by atoms with Crippen LogP contribution in [-0.2, 0) is 27.4 Å². The molecule has 1 aliphatic heterocycles. The van der Waals surface area contributed by atoms with Gasteiger partial charge in [0.25, 0.3) is 5.91 Å². The fourth-order valence-corrected chi connectivity index (χ4v) is 4.33. The first-order valence-corrected chi connectivity index (χ1v) is 10.4. The Morgan fingerprint density at radius 1 is 1.24 bits per heavy atom. The molecular weight excluding hydrogens is 370 g/mol. The largest absolute Gasteiger partial charge is 0.391 e. The predicted octanol–water partition coefficient (Wildman–Crippen LogP) is 1.90. The number of carbonyl (C=O) groups excluding carboxylic acids is 1. The Hall–Kier alpha value is -2.22. The third-order valence-corrected chi connectivity index (χ3v) is 6.02. The summed E-state index contributed by atoms with van der Waals surface area (Å²) in [6.45, 7) is 2.12. The van der Waals surface area contributed by atoms with Gasteiger partial charge in [-0.05, 0) is 30.4 Å². The molecular formula is C22H29N3O4. The molecule has 0 spiro atoms. The molecule has 2 aromatic rings. The number of nitrogens with one attached hydrogen (secondary N) is 1. The van der Waals surface area contributed by atoms with Crippen LogP contribution in [0.1, 0.15) is 31.2 Å². The minimum absolute atomic E-state index is 0.138. The Balaban J connectivity index is 1.38. The zero-order valence-electron chi connectivity index (χ0n) is 16.6. The topological polar surface area (TPSA) is 85.6 Å². The molecule has 1 aromatic carbocycles. The maximum absolute atomic E-state index is 13.2. The molecule has 7 nitrogen and oxygen atoms in total. The third kappa shape index (κ3) is 4.86. The van der Waals surface area contributed by atoms with Crippen molar-refractivity contribution >= 4 is 5.91 Å². The number of ether oxygens (including phenoxy) is 2. The second-order valence-electron chi connectivity index (χ2n) is 8.09. The summed E-state index contributed by atoms with van der Waals surface area (Å²) in [6, 6.07) is 11.5. The van der Waals surface area contributed by atoms with E-state index in [1.807, 2.05) is 47.3 Å². The molecule has 2 heterocycles. The van der Waals surface area contributed by atoms with Gasteiger partial charge in [0.05, 0.1) is 18.8 Å². The van der Waals surface area contributed by atoms with Crippen LogP contribution in [0.2, 0.25) is 0 Å². The fourth-order valence-electron chi connectivity index (χ4n) is 4.33. The number of hydrogen-bond acceptors (Lipinski definition) is 5. The molecule has 156 valence electrons. The van der Waals surface area contributed by atoms with Crippen molar-refractivity contribution in [3.05, 3.63) is 54.4 Å². The number of nitrogens with zero attached hydrogens (tertiary/aromatic N) is 2. The van der Waals surface area contributed by atoms with Crippen LogP contribution in [0.5, 0.6) is 0 Å². The van der Waals surface area contributed by atoms with Crippen LogP contribution in [0.3, 0.4) is 0 Å². The number of aliphatic hydroxyl groups excluding tert-OH is 1. The van der Waals surface area contributed by atoms with Gasteiger partial charge < -0.3 is 19.9 Å². The summed E-state index contributed by atoms with van der Waals surface area (Å²) in [6.07, 6.45) is 5.56. The van der Waals surface area contributed by atoms with Gasteiger partial charge >= 0.3 is 0 Å². The van der Waals surface area contributed by atoms with Crippen molar-refractivity contribution in [3.63, 3.8) is 0 Å². The molecule has 1 amide bonds. The molecule has 3 atom stereocenters. The highest BCUT2D eigenvalue weighted by Gasteiger charge is 2.44. The van der Waals surface area contributed by atoms with Crippen molar-refractivity contribution < 1.29 is 19.4 Å². The van der Waals surface area contributed by atoms with Crippen molar-refractivity contribution in [2.24, 2.45) is 5.92 Å². The van der Waals surface area contributed by atoms with E-state index >= 15 is 0 Å². The molecule has 7 heteroatoms. The number of amides is 1. The third-order valence-electron chi connectivity index (χ3n) is 6.02. The maximum Gasteiger partial charge on any atom is 0.252 e. The van der Waals surface area contributed by atoms with Crippen LogP contribution in [0.15, 0.2) is 48.8 Å². The van der Waals surface area contributed by atoms with E-state index in [1.54, 1.807) is 6.20 Å². The van der Waals surface area contributed by atoms with E-state index < -0.39 is 11.7 Å². The number of benzene rings is 1. The first-order valence-electron chi connectivity index (χ1n) is 10.4. The summed E-state index contributed by atoms with van der Waals surface area (Å²) >= 11 is 0. The zero-order valence-corrected chi connectivity index (χ0v) is 16.6. The van der Waals surface area contributed by atoms with E-state index in [-0.39, 0.29) is 17.9 Å². The SMILES string of the molecule is O=C(N[C@@H]1CC(Cn2cccn2)C[C@H]1O)C1(OCc2ccccc2)CCOCC1. The molecule has 2 fully saturated rings. The summed E-state index contributed by atoms with van der Waals surface area (Å²) in [4.78, 5) is 13.2. The van der Waals surface area contributed by atoms with Gasteiger partial charge in [0, 0.05) is 45.0 Å². The molecule has 1 aliphatic carbocycles. The van der Waals surface area contributed by atoms with Gasteiger partial charge in [-0.3, -0.25) is 9.48 Å². The number of aliphatic hydroxyl groups is 1. The summed E-state index contributed by atoms with van der Waals surface area (Å²) in [5, 5.41) is 17.8. The molecule has 0 radical (unpaired) electrons. The second kappa shape index (κ2) is 9.07. The minimum Gasteiger partial charge on any atom is -0.391 e. The van der Waals surface area contributed by atoms with Gasteiger partial charge in [-0.15, -0.1) is 0 Å². The van der Waals surface area contributed by atoms with Crippen LogP contribution < -0.4 is 5.32 Å². The number of hydrogen-bond donors (Lipinski definition) is 2. The number of rotatable bonds is 7. The van der Waals surface area contributed by atoms with Crippen molar-refractivity contribution in [1.82, 2.24) is 15.1 Å². The molecule has 29 heavy (non-hydrogen) atoms. The van der Waals surface area contributed by atoms with Crippen LogP contribution in [0, 0.1) is 5.92 Å². The highest BCUT2D eigenvalue weighted by atomic mass is 16.5. The lowest BCUT2D eigenvalue weighted by Gasteiger charge is -2.37. The normalized spacial score (nSPS) is 26.3. The molecule has 1 unspecified atom stereocenters. The standard InChI is InChI=1S/C22H29N3O4/c26-20-14-18(15-25-10-4-9-23-25)13-19(20)24-21(27)22(7-11-28-12-8-22)29-16-17-5-2-1-3-6-17/h1-6,9-10,18-20,26H,7-8,11-16H2,(H,24,27)/t18?,19-,20-/m1/s1. The Morgan fingerprint density at radius 2 is 2.03 bits per heavy atom. The van der Waals surface area contributed by atoms with Crippen LogP contribution >= 0.6 is 0 Å². The molecule has 1 aromatic heterocycles. The summed E-state index contributed by atoms with van der Waals surface area (Å²) < 4.78 is 13.5. The predicted molar refractivity (Wildman–Crippen MR) is 107 cm³/mol. The fraction of sp³-hybridized carbons (Fsp3) is 0.545. The first kappa shape index (κ1) is 20.1. The van der Waals surface area contributed by atoms with E-state index in [9.17, 15) is 9.90 Å². The van der Waals surface area contributed by atoms with E-state index in [1.165, 1.54) is 0 Å². The first-order chi connectivity index (χ1) is 14.1. The van der Waals surface area contributed by atoms with Gasteiger partial charge in [0.1, 0.15) is 0 Å². The second-order valence-corrected chi connectivity index (χ2v) is 8.09. The van der Waals surface area contributed by atoms with E-state index in [0.29, 0.717) is 39.1 Å². The van der Waals surface area contributed by atoms with Crippen molar-refractivity contribution in [3.8, 4) is 0 Å². The van der Waals surface area contributed by atoms with Gasteiger partial charge in [-0.25, -0.2) is 0 Å². The Labute approximate surface area is 171 Å². The highest BCUT2D eigenvalue weighted by Crippen LogP contribution is 2.31. The van der Waals surface area contributed by atoms with Crippen LogP contribution in [0.4, 0.5) is 0 Å². The lowest BCUT2D eigenvalue weighted by molar-refractivity contribution is -0.164. The van der Waals surface area contributed by atoms with Crippen molar-refractivity contribution in [1.29, 1.82) is 0 Å². The highest BCUT2D eigenvalue weighted by molar-refractivity contribution is 5.85. The molecule has 0 bridgehead atoms. The smallest absolute Gasteiger partial charge is 0.252 e. The van der Waals surface area contributed by atoms with Crippen LogP contribution in [0.25, 0.3) is 0 Å². The molecule has 2 aliphatic rings. The monoisotopic (exact) mass is 399 g/mol. The lowest BCUT2D eigenvalue weighted by Crippen LogP contribution is -2.55. The Bertz CT molecular complexity index is 775. The van der Waals surface area contributed by atoms with Crippen LogP contribution in [-0.4, -0.2) is 51.8 Å². The molecule has 2 N–H and O–H groups in total. The van der Waals surface area contributed by atoms with Gasteiger partial charge in [0.2, 0.25) is 0 Å². The summed E-state index contributed by atoms with van der Waals surface area (Å²) in [7, 11) is 0. The average Bonchev–Trinajstić information content (AvgIpc) is 3.38. The number of aromatic nitrogens is 2. The minimum atomic E-state index is -0.909. The molecule has 1 saturated heterocycles. The summed E-state index contributed by atoms with van der Waals surface area (Å²) in [5.74, 6) is 0.145. The van der Waals surface area contributed by atoms with Gasteiger partial charge in [-0.2, -0.15) is 5.10 Å². The average molecular weight is 399 g/mol.